The second-order valence-corrected chi connectivity index (χ2v) is 4.59. The highest BCUT2D eigenvalue weighted by molar-refractivity contribution is 6.29. The molecule has 5 heteroatoms. The maximum atomic E-state index is 8.94. The quantitative estimate of drug-likeness (QED) is 0.855. The Hall–Kier alpha value is -2.09. The Morgan fingerprint density at radius 3 is 2.90 bits per heavy atom. The normalized spacial score (nSPS) is 10.1. The fourth-order valence-electron chi connectivity index (χ4n) is 1.84. The Bertz CT molecular complexity index is 637. The van der Waals surface area contributed by atoms with E-state index in [0.717, 1.165) is 17.7 Å². The van der Waals surface area contributed by atoms with Crippen molar-refractivity contribution in [1.82, 2.24) is 4.98 Å². The summed E-state index contributed by atoms with van der Waals surface area (Å²) in [4.78, 5) is 4.17. The van der Waals surface area contributed by atoms with Crippen molar-refractivity contribution < 1.29 is 4.74 Å². The number of nitrogens with zero attached hydrogens (tertiary/aromatic N) is 2. The molecule has 20 heavy (non-hydrogen) atoms. The van der Waals surface area contributed by atoms with E-state index in [4.69, 9.17) is 21.6 Å². The molecule has 102 valence electrons. The van der Waals surface area contributed by atoms with Crippen molar-refractivity contribution in [1.29, 1.82) is 5.26 Å². The van der Waals surface area contributed by atoms with Crippen LogP contribution in [0, 0.1) is 11.3 Å². The number of benzene rings is 1. The average Bonchev–Trinajstić information content (AvgIpc) is 2.45. The van der Waals surface area contributed by atoms with Gasteiger partial charge in [0.25, 0.3) is 0 Å². The lowest BCUT2D eigenvalue weighted by Crippen LogP contribution is -2.01. The van der Waals surface area contributed by atoms with Crippen LogP contribution in [0.5, 0.6) is 0 Å². The lowest BCUT2D eigenvalue weighted by atomic mass is 10.1. The van der Waals surface area contributed by atoms with Crippen LogP contribution in [0.4, 0.5) is 11.5 Å². The molecule has 0 spiro atoms. The summed E-state index contributed by atoms with van der Waals surface area (Å²) in [6.07, 6.45) is 0.797. The van der Waals surface area contributed by atoms with Gasteiger partial charge < -0.3 is 10.1 Å². The molecule has 2 rings (SSSR count). The molecule has 1 aromatic heterocycles. The van der Waals surface area contributed by atoms with Crippen LogP contribution in [-0.4, -0.2) is 18.7 Å². The molecule has 0 radical (unpaired) electrons. The first-order chi connectivity index (χ1) is 9.72. The third kappa shape index (κ3) is 3.70. The van der Waals surface area contributed by atoms with Gasteiger partial charge in [0.2, 0.25) is 0 Å². The van der Waals surface area contributed by atoms with E-state index in [-0.39, 0.29) is 0 Å². The fraction of sp³-hybridized carbons (Fsp3) is 0.200. The molecule has 0 amide bonds. The number of ether oxygens (including phenoxy) is 1. The summed E-state index contributed by atoms with van der Waals surface area (Å²) in [5, 5.41) is 12.4. The van der Waals surface area contributed by atoms with E-state index >= 15 is 0 Å². The molecule has 0 atom stereocenters. The molecular formula is C15H14ClN3O. The van der Waals surface area contributed by atoms with Crippen LogP contribution in [-0.2, 0) is 11.2 Å². The number of hydrogen-bond acceptors (Lipinski definition) is 4. The van der Waals surface area contributed by atoms with E-state index in [9.17, 15) is 0 Å². The molecule has 0 aliphatic rings. The number of pyridine rings is 1. The lowest BCUT2D eigenvalue weighted by molar-refractivity contribution is 0.202. The molecule has 2 aromatic rings. The number of rotatable bonds is 5. The Morgan fingerprint density at radius 2 is 2.15 bits per heavy atom. The zero-order valence-electron chi connectivity index (χ0n) is 11.1. The summed E-state index contributed by atoms with van der Waals surface area (Å²) in [6.45, 7) is 0.644. The Labute approximate surface area is 123 Å². The summed E-state index contributed by atoms with van der Waals surface area (Å²) in [6, 6.07) is 13.2. The number of aromatic nitrogens is 1. The highest BCUT2D eigenvalue weighted by Gasteiger charge is 2.05. The van der Waals surface area contributed by atoms with Gasteiger partial charge in [0, 0.05) is 12.8 Å². The Morgan fingerprint density at radius 1 is 1.35 bits per heavy atom. The summed E-state index contributed by atoms with van der Waals surface area (Å²) in [5.41, 5.74) is 2.53. The largest absolute Gasteiger partial charge is 0.384 e. The van der Waals surface area contributed by atoms with Crippen molar-refractivity contribution in [2.75, 3.05) is 19.0 Å². The monoisotopic (exact) mass is 287 g/mol. The number of nitrogens with one attached hydrogen (secondary N) is 1. The number of nitriles is 1. The third-order valence-electron chi connectivity index (χ3n) is 2.78. The summed E-state index contributed by atoms with van der Waals surface area (Å²) >= 11 is 5.90. The SMILES string of the molecule is COCCc1ccccc1Nc1cc(C#N)cc(Cl)n1. The van der Waals surface area contributed by atoms with Crippen LogP contribution < -0.4 is 5.32 Å². The predicted molar refractivity (Wildman–Crippen MR) is 79.3 cm³/mol. The Balaban J connectivity index is 2.26. The van der Waals surface area contributed by atoms with Gasteiger partial charge in [-0.3, -0.25) is 0 Å². The Kier molecular flexibility index (Phi) is 4.94. The second kappa shape index (κ2) is 6.90. The highest BCUT2D eigenvalue weighted by atomic mass is 35.5. The zero-order valence-corrected chi connectivity index (χ0v) is 11.8. The van der Waals surface area contributed by atoms with Crippen molar-refractivity contribution in [3.63, 3.8) is 0 Å². The average molecular weight is 288 g/mol. The van der Waals surface area contributed by atoms with E-state index in [2.05, 4.69) is 16.4 Å². The van der Waals surface area contributed by atoms with Crippen LogP contribution in [0.3, 0.4) is 0 Å². The zero-order chi connectivity index (χ0) is 14.4. The number of methoxy groups -OCH3 is 1. The van der Waals surface area contributed by atoms with Crippen LogP contribution in [0.2, 0.25) is 5.15 Å². The summed E-state index contributed by atoms with van der Waals surface area (Å²) in [7, 11) is 1.67. The first kappa shape index (κ1) is 14.3. The van der Waals surface area contributed by atoms with Crippen LogP contribution in [0.1, 0.15) is 11.1 Å². The molecule has 0 saturated heterocycles. The molecule has 0 fully saturated rings. The summed E-state index contributed by atoms with van der Waals surface area (Å²) in [5.74, 6) is 0.555. The van der Waals surface area contributed by atoms with Gasteiger partial charge in [-0.15, -0.1) is 0 Å². The smallest absolute Gasteiger partial charge is 0.133 e. The number of para-hydroxylation sites is 1. The minimum Gasteiger partial charge on any atom is -0.384 e. The molecule has 1 aromatic carbocycles. The highest BCUT2D eigenvalue weighted by Crippen LogP contribution is 2.22. The minimum atomic E-state index is 0.293. The topological polar surface area (TPSA) is 57.9 Å². The molecular weight excluding hydrogens is 274 g/mol. The van der Waals surface area contributed by atoms with E-state index in [1.165, 1.54) is 6.07 Å². The lowest BCUT2D eigenvalue weighted by Gasteiger charge is -2.11. The van der Waals surface area contributed by atoms with Gasteiger partial charge in [0.15, 0.2) is 0 Å². The molecule has 0 unspecified atom stereocenters. The second-order valence-electron chi connectivity index (χ2n) is 4.20. The van der Waals surface area contributed by atoms with Crippen molar-refractivity contribution in [3.05, 3.63) is 52.7 Å². The van der Waals surface area contributed by atoms with E-state index < -0.39 is 0 Å². The van der Waals surface area contributed by atoms with E-state index in [0.29, 0.717) is 23.1 Å². The third-order valence-corrected chi connectivity index (χ3v) is 2.97. The first-order valence-electron chi connectivity index (χ1n) is 6.14. The predicted octanol–water partition coefficient (Wildman–Crippen LogP) is 3.54. The first-order valence-corrected chi connectivity index (χ1v) is 6.52. The van der Waals surface area contributed by atoms with Crippen molar-refractivity contribution in [2.24, 2.45) is 0 Å². The summed E-state index contributed by atoms with van der Waals surface area (Å²) < 4.78 is 5.10. The molecule has 0 saturated carbocycles. The van der Waals surface area contributed by atoms with Gasteiger partial charge >= 0.3 is 0 Å². The molecule has 4 nitrogen and oxygen atoms in total. The minimum absolute atomic E-state index is 0.293. The standard InChI is InChI=1S/C15H14ClN3O/c1-20-7-6-12-4-2-3-5-13(12)18-15-9-11(10-17)8-14(16)19-15/h2-5,8-9H,6-7H2,1H3,(H,18,19). The van der Waals surface area contributed by atoms with Gasteiger partial charge in [0.05, 0.1) is 18.2 Å². The molecule has 0 aliphatic heterocycles. The number of halogens is 1. The fourth-order valence-corrected chi connectivity index (χ4v) is 2.04. The van der Waals surface area contributed by atoms with Crippen molar-refractivity contribution in [2.45, 2.75) is 6.42 Å². The van der Waals surface area contributed by atoms with Gasteiger partial charge in [-0.25, -0.2) is 4.98 Å². The maximum absolute atomic E-state index is 8.94. The molecule has 0 bridgehead atoms. The number of anilines is 2. The van der Waals surface area contributed by atoms with Gasteiger partial charge in [-0.1, -0.05) is 29.8 Å². The van der Waals surface area contributed by atoms with Crippen molar-refractivity contribution >= 4 is 23.1 Å². The van der Waals surface area contributed by atoms with E-state index in [1.807, 2.05) is 24.3 Å². The van der Waals surface area contributed by atoms with Crippen LogP contribution >= 0.6 is 11.6 Å². The van der Waals surface area contributed by atoms with Crippen LogP contribution in [0.15, 0.2) is 36.4 Å². The number of hydrogen-bond donors (Lipinski definition) is 1. The maximum Gasteiger partial charge on any atom is 0.133 e. The van der Waals surface area contributed by atoms with Gasteiger partial charge in [0.1, 0.15) is 11.0 Å². The van der Waals surface area contributed by atoms with Crippen LogP contribution in [0.25, 0.3) is 0 Å². The molecule has 1 N–H and O–H groups in total. The van der Waals surface area contributed by atoms with Gasteiger partial charge in [-0.2, -0.15) is 5.26 Å². The molecule has 1 heterocycles. The van der Waals surface area contributed by atoms with Gasteiger partial charge in [-0.05, 0) is 30.2 Å². The van der Waals surface area contributed by atoms with Crippen molar-refractivity contribution in [3.8, 4) is 6.07 Å². The van der Waals surface area contributed by atoms with E-state index in [1.54, 1.807) is 13.2 Å². The molecule has 0 aliphatic carbocycles.